The van der Waals surface area contributed by atoms with E-state index in [1.807, 2.05) is 0 Å². The van der Waals surface area contributed by atoms with Crippen LogP contribution in [0, 0.1) is 0 Å². The molecule has 0 spiro atoms. The van der Waals surface area contributed by atoms with Gasteiger partial charge in [-0.25, -0.2) is 0 Å². The maximum atomic E-state index is 12.8. The van der Waals surface area contributed by atoms with Crippen LogP contribution >= 0.6 is 0 Å². The lowest BCUT2D eigenvalue weighted by molar-refractivity contribution is -0.167. The topological polar surface area (TPSA) is 78.9 Å². The van der Waals surface area contributed by atoms with Crippen LogP contribution in [0.25, 0.3) is 0 Å². The average Bonchev–Trinajstić information content (AvgIpc) is 3.40. The van der Waals surface area contributed by atoms with E-state index in [0.29, 0.717) is 19.3 Å². The number of esters is 3. The molecule has 0 N–H and O–H groups in total. The predicted molar refractivity (Wildman–Crippen MR) is 321 cm³/mol. The maximum absolute atomic E-state index is 12.8. The SMILES string of the molecule is CCCCCCCCC/C=C\CCCCCCCC(=O)OC(COC(=O)CCCCCCCCC)COC(=O)CCCCCCCCCCCCCCCCCCCCCCC/C=C\CCCCCCCCCC. The summed E-state index contributed by atoms with van der Waals surface area (Å²) in [6, 6.07) is 0. The van der Waals surface area contributed by atoms with Crippen molar-refractivity contribution in [2.45, 2.75) is 380 Å². The first-order chi connectivity index (χ1) is 36.5. The van der Waals surface area contributed by atoms with Gasteiger partial charge in [-0.3, -0.25) is 14.4 Å². The van der Waals surface area contributed by atoms with Crippen LogP contribution in [0.3, 0.4) is 0 Å². The third-order valence-electron chi connectivity index (χ3n) is 15.2. The molecule has 74 heavy (non-hydrogen) atoms. The van der Waals surface area contributed by atoms with Crippen LogP contribution in [0.1, 0.15) is 374 Å². The van der Waals surface area contributed by atoms with Crippen molar-refractivity contribution in [1.29, 1.82) is 0 Å². The van der Waals surface area contributed by atoms with Crippen molar-refractivity contribution in [3.63, 3.8) is 0 Å². The monoisotopic (exact) mass is 1040 g/mol. The van der Waals surface area contributed by atoms with E-state index in [1.54, 1.807) is 0 Å². The highest BCUT2D eigenvalue weighted by Crippen LogP contribution is 2.18. The van der Waals surface area contributed by atoms with Gasteiger partial charge in [0.05, 0.1) is 0 Å². The van der Waals surface area contributed by atoms with Crippen molar-refractivity contribution in [1.82, 2.24) is 0 Å². The molecule has 1 unspecified atom stereocenters. The van der Waals surface area contributed by atoms with Gasteiger partial charge in [0, 0.05) is 19.3 Å². The molecule has 0 saturated carbocycles. The molecule has 0 aliphatic heterocycles. The van der Waals surface area contributed by atoms with Gasteiger partial charge in [0.25, 0.3) is 0 Å². The number of hydrogen-bond acceptors (Lipinski definition) is 6. The second-order valence-electron chi connectivity index (χ2n) is 22.7. The molecule has 0 saturated heterocycles. The highest BCUT2D eigenvalue weighted by Gasteiger charge is 2.19. The number of unbranched alkanes of at least 4 members (excludes halogenated alkanes) is 47. The van der Waals surface area contributed by atoms with E-state index < -0.39 is 6.10 Å². The first kappa shape index (κ1) is 71.9. The fourth-order valence-electron chi connectivity index (χ4n) is 10.1. The van der Waals surface area contributed by atoms with E-state index in [9.17, 15) is 14.4 Å². The Morgan fingerprint density at radius 3 is 0.676 bits per heavy atom. The molecule has 1 atom stereocenters. The number of carbonyl (C=O) groups excluding carboxylic acids is 3. The number of hydrogen-bond donors (Lipinski definition) is 0. The second kappa shape index (κ2) is 63.4. The molecule has 0 bridgehead atoms. The van der Waals surface area contributed by atoms with E-state index in [-0.39, 0.29) is 31.1 Å². The highest BCUT2D eigenvalue weighted by molar-refractivity contribution is 5.71. The summed E-state index contributed by atoms with van der Waals surface area (Å²) in [6.07, 6.45) is 76.7. The van der Waals surface area contributed by atoms with Gasteiger partial charge in [0.2, 0.25) is 0 Å². The number of carbonyl (C=O) groups is 3. The molecule has 0 radical (unpaired) electrons. The van der Waals surface area contributed by atoms with Crippen molar-refractivity contribution >= 4 is 17.9 Å². The van der Waals surface area contributed by atoms with Crippen LogP contribution < -0.4 is 0 Å². The molecule has 0 heterocycles. The molecule has 0 aromatic rings. The Hall–Kier alpha value is -2.11. The first-order valence-corrected chi connectivity index (χ1v) is 33.3. The zero-order valence-corrected chi connectivity index (χ0v) is 50.1. The maximum Gasteiger partial charge on any atom is 0.306 e. The third-order valence-corrected chi connectivity index (χ3v) is 15.2. The summed E-state index contributed by atoms with van der Waals surface area (Å²) in [7, 11) is 0. The summed E-state index contributed by atoms with van der Waals surface area (Å²) in [5, 5.41) is 0. The third kappa shape index (κ3) is 60.8. The van der Waals surface area contributed by atoms with Crippen molar-refractivity contribution in [3.8, 4) is 0 Å². The van der Waals surface area contributed by atoms with Gasteiger partial charge in [-0.15, -0.1) is 0 Å². The first-order valence-electron chi connectivity index (χ1n) is 33.3. The minimum absolute atomic E-state index is 0.0694. The Bertz CT molecular complexity index is 1190. The largest absolute Gasteiger partial charge is 0.462 e. The molecule has 0 aromatic carbocycles. The number of ether oxygens (including phenoxy) is 3. The van der Waals surface area contributed by atoms with Gasteiger partial charge >= 0.3 is 17.9 Å². The smallest absolute Gasteiger partial charge is 0.306 e. The van der Waals surface area contributed by atoms with Crippen molar-refractivity contribution < 1.29 is 28.6 Å². The summed E-state index contributed by atoms with van der Waals surface area (Å²) in [5.41, 5.74) is 0. The number of rotatable bonds is 62. The Morgan fingerprint density at radius 2 is 0.446 bits per heavy atom. The lowest BCUT2D eigenvalue weighted by Gasteiger charge is -2.18. The normalized spacial score (nSPS) is 12.1. The van der Waals surface area contributed by atoms with E-state index >= 15 is 0 Å². The molecule has 6 nitrogen and oxygen atoms in total. The Morgan fingerprint density at radius 1 is 0.257 bits per heavy atom. The molecule has 0 amide bonds. The molecule has 0 aliphatic carbocycles. The minimum Gasteiger partial charge on any atom is -0.462 e. The zero-order chi connectivity index (χ0) is 53.6. The molecule has 436 valence electrons. The summed E-state index contributed by atoms with van der Waals surface area (Å²) < 4.78 is 16.8. The van der Waals surface area contributed by atoms with Crippen LogP contribution in [0.15, 0.2) is 24.3 Å². The van der Waals surface area contributed by atoms with Crippen LogP contribution in [0.5, 0.6) is 0 Å². The van der Waals surface area contributed by atoms with Gasteiger partial charge in [-0.2, -0.15) is 0 Å². The van der Waals surface area contributed by atoms with Crippen molar-refractivity contribution in [2.24, 2.45) is 0 Å². The van der Waals surface area contributed by atoms with E-state index in [2.05, 4.69) is 45.1 Å². The van der Waals surface area contributed by atoms with E-state index in [4.69, 9.17) is 14.2 Å². The summed E-state index contributed by atoms with van der Waals surface area (Å²) in [4.78, 5) is 38.0. The fraction of sp³-hybridized carbons (Fsp3) is 0.897. The Kier molecular flexibility index (Phi) is 61.6. The molecule has 0 aliphatic rings. The average molecular weight is 1040 g/mol. The number of allylic oxidation sites excluding steroid dienone is 4. The minimum atomic E-state index is -0.769. The van der Waals surface area contributed by atoms with Crippen LogP contribution in [-0.4, -0.2) is 37.2 Å². The van der Waals surface area contributed by atoms with Gasteiger partial charge in [0.1, 0.15) is 13.2 Å². The van der Waals surface area contributed by atoms with Gasteiger partial charge in [-0.05, 0) is 70.6 Å². The van der Waals surface area contributed by atoms with Crippen LogP contribution in [0.2, 0.25) is 0 Å². The van der Waals surface area contributed by atoms with Crippen molar-refractivity contribution in [2.75, 3.05) is 13.2 Å². The highest BCUT2D eigenvalue weighted by atomic mass is 16.6. The zero-order valence-electron chi connectivity index (χ0n) is 50.1. The molecule has 0 rings (SSSR count). The second-order valence-corrected chi connectivity index (χ2v) is 22.7. The lowest BCUT2D eigenvalue weighted by atomic mass is 10.0. The van der Waals surface area contributed by atoms with Crippen LogP contribution in [0.4, 0.5) is 0 Å². The van der Waals surface area contributed by atoms with Gasteiger partial charge in [-0.1, -0.05) is 308 Å². The summed E-state index contributed by atoms with van der Waals surface area (Å²) in [6.45, 7) is 6.64. The molecular formula is C68H128O6. The molecular weight excluding hydrogens is 913 g/mol. The Balaban J connectivity index is 3.94. The van der Waals surface area contributed by atoms with Gasteiger partial charge < -0.3 is 14.2 Å². The Labute approximate surface area is 462 Å². The van der Waals surface area contributed by atoms with Crippen molar-refractivity contribution in [3.05, 3.63) is 24.3 Å². The lowest BCUT2D eigenvalue weighted by Crippen LogP contribution is -2.30. The standard InChI is InChI=1S/C68H128O6/c1-4-7-10-13-16-18-20-22-24-26-27-28-29-30-31-32-33-34-35-36-37-38-39-40-41-42-44-45-47-49-52-55-58-61-67(70)73-64-65(63-72-66(69)60-57-54-51-15-12-9-6-3)74-68(71)62-59-56-53-50-48-46-43-25-23-21-19-17-14-11-8-5-2/h25-27,43,65H,4-24,28-42,44-64H2,1-3H3/b27-26-,43-25-. The van der Waals surface area contributed by atoms with Gasteiger partial charge in [0.15, 0.2) is 6.10 Å². The predicted octanol–water partition coefficient (Wildman–Crippen LogP) is 22.6. The van der Waals surface area contributed by atoms with E-state index in [0.717, 1.165) is 64.2 Å². The summed E-state index contributed by atoms with van der Waals surface area (Å²) >= 11 is 0. The molecule has 6 heteroatoms. The molecule has 0 aromatic heterocycles. The van der Waals surface area contributed by atoms with E-state index in [1.165, 1.54) is 270 Å². The van der Waals surface area contributed by atoms with Crippen LogP contribution in [-0.2, 0) is 28.6 Å². The summed E-state index contributed by atoms with van der Waals surface area (Å²) in [5.74, 6) is -0.862. The fourth-order valence-corrected chi connectivity index (χ4v) is 10.1. The molecule has 0 fully saturated rings. The quantitative estimate of drug-likeness (QED) is 0.0261.